The molecule has 1 atom stereocenters. The van der Waals surface area contributed by atoms with Gasteiger partial charge in [0.15, 0.2) is 0 Å². The lowest BCUT2D eigenvalue weighted by atomic mass is 9.98. The van der Waals surface area contributed by atoms with E-state index in [1.54, 1.807) is 12.1 Å². The molecular weight excluding hydrogens is 461 g/mol. The Labute approximate surface area is 207 Å². The van der Waals surface area contributed by atoms with Crippen LogP contribution >= 0.6 is 0 Å². The number of rotatable bonds is 9. The van der Waals surface area contributed by atoms with Gasteiger partial charge in [-0.15, -0.1) is 0 Å². The maximum atomic E-state index is 14.1. The van der Waals surface area contributed by atoms with E-state index in [0.29, 0.717) is 36.5 Å². The molecule has 0 aliphatic carbocycles. The highest BCUT2D eigenvalue weighted by molar-refractivity contribution is 8.02. The number of carbonyl (C=O) groups is 1. The molecule has 1 unspecified atom stereocenters. The molecule has 6 heteroatoms. The van der Waals surface area contributed by atoms with E-state index >= 15 is 0 Å². The van der Waals surface area contributed by atoms with Gasteiger partial charge in [-0.3, -0.25) is 9.00 Å². The van der Waals surface area contributed by atoms with Crippen molar-refractivity contribution in [2.45, 2.75) is 48.2 Å². The molecule has 1 saturated heterocycles. The summed E-state index contributed by atoms with van der Waals surface area (Å²) in [5.74, 6) is 3.20. The van der Waals surface area contributed by atoms with E-state index in [0.717, 1.165) is 36.8 Å². The van der Waals surface area contributed by atoms with Gasteiger partial charge in [0.05, 0.1) is 0 Å². The second-order valence-electron chi connectivity index (χ2n) is 9.18. The standard InChI is InChI=1S/C29H32FNO3S/c1-35(33,29(28(31)32)17-19-34-20-18-29)25-15-13-22(14-16-25)7-2-3-8-23-9-6-10-24(21-23)26-11-4-5-12-27(26)30/h4-6,9-16,21H,1-3,7-8,17-20H2,(H2,31,32). The molecular formula is C29H32FNO3S. The first-order valence-corrected chi connectivity index (χ1v) is 13.7. The fourth-order valence-electron chi connectivity index (χ4n) is 4.79. The second-order valence-corrected chi connectivity index (χ2v) is 11.8. The first-order chi connectivity index (χ1) is 16.8. The van der Waals surface area contributed by atoms with Crippen molar-refractivity contribution in [2.75, 3.05) is 13.2 Å². The first-order valence-electron chi connectivity index (χ1n) is 12.0. The zero-order valence-corrected chi connectivity index (χ0v) is 20.7. The molecule has 3 aromatic rings. The van der Waals surface area contributed by atoms with Gasteiger partial charge >= 0.3 is 0 Å². The van der Waals surface area contributed by atoms with Crippen LogP contribution < -0.4 is 5.73 Å². The predicted molar refractivity (Wildman–Crippen MR) is 140 cm³/mol. The number of benzene rings is 3. The van der Waals surface area contributed by atoms with Crippen LogP contribution in [-0.2, 0) is 31.9 Å². The number of halogens is 1. The van der Waals surface area contributed by atoms with Gasteiger partial charge < -0.3 is 10.5 Å². The summed E-state index contributed by atoms with van der Waals surface area (Å²) in [7, 11) is -2.91. The van der Waals surface area contributed by atoms with Crippen molar-refractivity contribution in [3.63, 3.8) is 0 Å². The van der Waals surface area contributed by atoms with Gasteiger partial charge in [-0.25, -0.2) is 4.39 Å². The van der Waals surface area contributed by atoms with Crippen molar-refractivity contribution >= 4 is 21.3 Å². The number of unbranched alkanes of at least 4 members (excludes halogenated alkanes) is 1. The van der Waals surface area contributed by atoms with E-state index in [1.165, 1.54) is 11.6 Å². The molecule has 0 spiro atoms. The molecule has 184 valence electrons. The lowest BCUT2D eigenvalue weighted by molar-refractivity contribution is -0.122. The number of aryl methyl sites for hydroxylation is 2. The average Bonchev–Trinajstić information content (AvgIpc) is 2.87. The highest BCUT2D eigenvalue weighted by Gasteiger charge is 2.46. The molecule has 0 bridgehead atoms. The zero-order valence-electron chi connectivity index (χ0n) is 19.9. The van der Waals surface area contributed by atoms with E-state index in [9.17, 15) is 13.4 Å². The predicted octanol–water partition coefficient (Wildman–Crippen LogP) is 5.17. The topological polar surface area (TPSA) is 69.4 Å². The molecule has 0 radical (unpaired) electrons. The van der Waals surface area contributed by atoms with Crippen LogP contribution in [0.3, 0.4) is 0 Å². The lowest BCUT2D eigenvalue weighted by Gasteiger charge is -2.37. The fraction of sp³-hybridized carbons (Fsp3) is 0.310. The van der Waals surface area contributed by atoms with Crippen LogP contribution in [0.15, 0.2) is 77.7 Å². The summed E-state index contributed by atoms with van der Waals surface area (Å²) < 4.78 is 32.0. The van der Waals surface area contributed by atoms with Gasteiger partial charge in [0.1, 0.15) is 10.6 Å². The minimum Gasteiger partial charge on any atom is -0.381 e. The van der Waals surface area contributed by atoms with Crippen LogP contribution in [0.5, 0.6) is 0 Å². The second kappa shape index (κ2) is 10.8. The number of hydrogen-bond acceptors (Lipinski definition) is 3. The minimum absolute atomic E-state index is 0.210. The van der Waals surface area contributed by atoms with Crippen molar-refractivity contribution in [3.05, 3.63) is 89.7 Å². The number of ether oxygens (including phenoxy) is 1. The highest BCUT2D eigenvalue weighted by Crippen LogP contribution is 2.35. The highest BCUT2D eigenvalue weighted by atomic mass is 32.2. The molecule has 4 nitrogen and oxygen atoms in total. The number of primary amides is 1. The summed E-state index contributed by atoms with van der Waals surface area (Å²) in [6.07, 6.45) is 4.44. The Balaban J connectivity index is 1.35. The molecule has 0 saturated carbocycles. The first kappa shape index (κ1) is 25.1. The molecule has 1 aliphatic rings. The van der Waals surface area contributed by atoms with Crippen LogP contribution in [0, 0.1) is 5.82 Å². The van der Waals surface area contributed by atoms with Crippen LogP contribution in [0.4, 0.5) is 4.39 Å². The summed E-state index contributed by atoms with van der Waals surface area (Å²) in [6.45, 7) is 0.716. The van der Waals surface area contributed by atoms with Crippen molar-refractivity contribution < 1.29 is 18.1 Å². The third kappa shape index (κ3) is 5.34. The van der Waals surface area contributed by atoms with Gasteiger partial charge in [-0.05, 0) is 79.3 Å². The van der Waals surface area contributed by atoms with Crippen LogP contribution in [0.25, 0.3) is 11.1 Å². The van der Waals surface area contributed by atoms with Gasteiger partial charge in [0.25, 0.3) is 0 Å². The molecule has 1 fully saturated rings. The molecule has 2 N–H and O–H groups in total. The summed E-state index contributed by atoms with van der Waals surface area (Å²) in [5.41, 5.74) is 9.55. The molecule has 35 heavy (non-hydrogen) atoms. The van der Waals surface area contributed by atoms with E-state index in [1.807, 2.05) is 42.5 Å². The Hall–Kier alpha value is -2.96. The number of nitrogens with two attached hydrogens (primary N) is 1. The Bertz CT molecular complexity index is 1280. The van der Waals surface area contributed by atoms with Crippen molar-refractivity contribution in [1.29, 1.82) is 0 Å². The van der Waals surface area contributed by atoms with Crippen molar-refractivity contribution in [3.8, 4) is 11.1 Å². The molecule has 4 rings (SSSR count). The monoisotopic (exact) mass is 493 g/mol. The molecule has 0 aromatic heterocycles. The van der Waals surface area contributed by atoms with E-state index in [2.05, 4.69) is 18.0 Å². The quantitative estimate of drug-likeness (QED) is 0.330. The van der Waals surface area contributed by atoms with Gasteiger partial charge in [0.2, 0.25) is 5.91 Å². The average molecular weight is 494 g/mol. The largest absolute Gasteiger partial charge is 0.381 e. The van der Waals surface area contributed by atoms with Crippen LogP contribution in [0.2, 0.25) is 0 Å². The summed E-state index contributed by atoms with van der Waals surface area (Å²) in [4.78, 5) is 12.9. The molecule has 3 aromatic carbocycles. The summed E-state index contributed by atoms with van der Waals surface area (Å²) in [5, 5.41) is 0. The number of amides is 1. The molecule has 1 amide bonds. The van der Waals surface area contributed by atoms with Gasteiger partial charge in [-0.1, -0.05) is 54.6 Å². The smallest absolute Gasteiger partial charge is 0.236 e. The van der Waals surface area contributed by atoms with Crippen molar-refractivity contribution in [2.24, 2.45) is 5.73 Å². The summed E-state index contributed by atoms with van der Waals surface area (Å²) >= 11 is 0. The normalized spacial score (nSPS) is 16.9. The minimum atomic E-state index is -2.91. The summed E-state index contributed by atoms with van der Waals surface area (Å²) in [6, 6.07) is 22.5. The SMILES string of the molecule is C=S(=O)(c1ccc(CCCCc2cccc(-c3ccccc3F)c2)cc1)C1(C(N)=O)CCOCC1. The Morgan fingerprint density at radius 1 is 0.943 bits per heavy atom. The number of hydrogen-bond donors (Lipinski definition) is 1. The number of carbonyl (C=O) groups excluding carboxylic acids is 1. The van der Waals surface area contributed by atoms with Gasteiger partial charge in [0, 0.05) is 33.2 Å². The maximum absolute atomic E-state index is 14.1. The fourth-order valence-corrected chi connectivity index (χ4v) is 6.97. The third-order valence-corrected chi connectivity index (χ3v) is 9.88. The Kier molecular flexibility index (Phi) is 7.72. The van der Waals surface area contributed by atoms with E-state index in [-0.39, 0.29) is 5.82 Å². The van der Waals surface area contributed by atoms with Crippen LogP contribution in [-0.4, -0.2) is 33.9 Å². The van der Waals surface area contributed by atoms with Gasteiger partial charge in [-0.2, -0.15) is 0 Å². The van der Waals surface area contributed by atoms with E-state index < -0.39 is 20.2 Å². The lowest BCUT2D eigenvalue weighted by Crippen LogP contribution is -2.53. The Morgan fingerprint density at radius 3 is 2.26 bits per heavy atom. The van der Waals surface area contributed by atoms with E-state index in [4.69, 9.17) is 10.5 Å². The Morgan fingerprint density at radius 2 is 1.60 bits per heavy atom. The van der Waals surface area contributed by atoms with Crippen molar-refractivity contribution in [1.82, 2.24) is 0 Å². The third-order valence-electron chi connectivity index (χ3n) is 6.98. The van der Waals surface area contributed by atoms with Crippen LogP contribution in [0.1, 0.15) is 36.8 Å². The maximum Gasteiger partial charge on any atom is 0.236 e. The molecule has 1 aliphatic heterocycles. The zero-order chi connectivity index (χ0) is 24.9. The molecule has 1 heterocycles.